The smallest absolute Gasteiger partial charge is 0.254 e. The summed E-state index contributed by atoms with van der Waals surface area (Å²) in [6.07, 6.45) is 5.48. The zero-order chi connectivity index (χ0) is 20.3. The molecule has 2 atom stereocenters. The minimum atomic E-state index is 0.0547. The number of carbonyl (C=O) groups excluding carboxylic acids is 1. The van der Waals surface area contributed by atoms with Gasteiger partial charge in [0, 0.05) is 18.7 Å². The summed E-state index contributed by atoms with van der Waals surface area (Å²) in [6.45, 7) is 2.17. The molecule has 5 rings (SSSR count). The van der Waals surface area contributed by atoms with Gasteiger partial charge >= 0.3 is 0 Å². The van der Waals surface area contributed by atoms with Gasteiger partial charge in [-0.05, 0) is 68.5 Å². The van der Waals surface area contributed by atoms with E-state index in [9.17, 15) is 4.79 Å². The molecule has 0 spiro atoms. The quantitative estimate of drug-likeness (QED) is 0.566. The molecule has 2 aromatic carbocycles. The van der Waals surface area contributed by atoms with Crippen LogP contribution in [-0.4, -0.2) is 41.7 Å². The molecule has 0 aliphatic carbocycles. The van der Waals surface area contributed by atoms with Crippen molar-refractivity contribution < 1.29 is 14.3 Å². The Morgan fingerprint density at radius 1 is 1.10 bits per heavy atom. The van der Waals surface area contributed by atoms with Crippen molar-refractivity contribution >= 4 is 27.5 Å². The number of likely N-dealkylation sites (tertiary alicyclic amines) is 1. The lowest BCUT2D eigenvalue weighted by Crippen LogP contribution is -2.38. The third-order valence-corrected chi connectivity index (χ3v) is 7.06. The standard InChI is InChI=1S/C24H26N2O3S/c27-24(17-10-12-18(13-11-17)29-16-19-6-5-15-28-19)26-14-4-3-8-21(26)23-25-20-7-1-2-9-22(20)30-23/h1-2,7,9-13,19,21H,3-6,8,14-16H2/t19-,21+/m0/s1. The number of ether oxygens (including phenoxy) is 2. The van der Waals surface area contributed by atoms with Crippen LogP contribution in [0.5, 0.6) is 5.75 Å². The zero-order valence-corrected chi connectivity index (χ0v) is 17.8. The Morgan fingerprint density at radius 2 is 1.97 bits per heavy atom. The van der Waals surface area contributed by atoms with Crippen LogP contribution < -0.4 is 4.74 Å². The molecule has 0 bridgehead atoms. The summed E-state index contributed by atoms with van der Waals surface area (Å²) in [4.78, 5) is 20.2. The SMILES string of the molecule is O=C(c1ccc(OC[C@@H]2CCCO2)cc1)N1CCCC[C@@H]1c1nc2ccccc2s1. The maximum Gasteiger partial charge on any atom is 0.254 e. The molecule has 1 amide bonds. The van der Waals surface area contributed by atoms with Gasteiger partial charge in [-0.3, -0.25) is 4.79 Å². The van der Waals surface area contributed by atoms with E-state index in [1.54, 1.807) is 11.3 Å². The van der Waals surface area contributed by atoms with E-state index < -0.39 is 0 Å². The Labute approximate surface area is 180 Å². The van der Waals surface area contributed by atoms with E-state index in [0.29, 0.717) is 12.2 Å². The number of aromatic nitrogens is 1. The number of carbonyl (C=O) groups is 1. The average Bonchev–Trinajstić information content (AvgIpc) is 3.47. The number of rotatable bonds is 5. The minimum Gasteiger partial charge on any atom is -0.491 e. The van der Waals surface area contributed by atoms with Crippen LogP contribution in [0.4, 0.5) is 0 Å². The molecule has 0 radical (unpaired) electrons. The first-order valence-corrected chi connectivity index (χ1v) is 11.6. The largest absolute Gasteiger partial charge is 0.491 e. The van der Waals surface area contributed by atoms with Crippen molar-refractivity contribution in [1.82, 2.24) is 9.88 Å². The first kappa shape index (κ1) is 19.5. The predicted molar refractivity (Wildman–Crippen MR) is 118 cm³/mol. The van der Waals surface area contributed by atoms with Crippen LogP contribution >= 0.6 is 11.3 Å². The fourth-order valence-electron chi connectivity index (χ4n) is 4.29. The van der Waals surface area contributed by atoms with Gasteiger partial charge in [0.1, 0.15) is 17.4 Å². The lowest BCUT2D eigenvalue weighted by Gasteiger charge is -2.34. The Morgan fingerprint density at radius 3 is 2.77 bits per heavy atom. The molecule has 156 valence electrons. The van der Waals surface area contributed by atoms with Crippen molar-refractivity contribution in [1.29, 1.82) is 0 Å². The topological polar surface area (TPSA) is 51.7 Å². The first-order valence-electron chi connectivity index (χ1n) is 10.8. The zero-order valence-electron chi connectivity index (χ0n) is 17.0. The summed E-state index contributed by atoms with van der Waals surface area (Å²) in [6, 6.07) is 15.8. The monoisotopic (exact) mass is 422 g/mol. The van der Waals surface area contributed by atoms with Crippen LogP contribution in [0.1, 0.15) is 53.5 Å². The van der Waals surface area contributed by atoms with Crippen molar-refractivity contribution in [2.75, 3.05) is 19.8 Å². The molecule has 2 fully saturated rings. The van der Waals surface area contributed by atoms with E-state index in [-0.39, 0.29) is 18.1 Å². The van der Waals surface area contributed by atoms with E-state index in [1.807, 2.05) is 47.4 Å². The van der Waals surface area contributed by atoms with E-state index in [2.05, 4.69) is 6.07 Å². The number of amides is 1. The van der Waals surface area contributed by atoms with Crippen molar-refractivity contribution in [3.63, 3.8) is 0 Å². The summed E-state index contributed by atoms with van der Waals surface area (Å²) < 4.78 is 12.6. The maximum absolute atomic E-state index is 13.3. The third-order valence-electron chi connectivity index (χ3n) is 5.92. The Bertz CT molecular complexity index is 978. The van der Waals surface area contributed by atoms with Crippen molar-refractivity contribution in [2.45, 2.75) is 44.2 Å². The number of nitrogens with zero attached hydrogens (tertiary/aromatic N) is 2. The second kappa shape index (κ2) is 8.74. The van der Waals surface area contributed by atoms with Crippen LogP contribution in [0.2, 0.25) is 0 Å². The van der Waals surface area contributed by atoms with Gasteiger partial charge in [-0.2, -0.15) is 0 Å². The second-order valence-corrected chi connectivity index (χ2v) is 9.06. The van der Waals surface area contributed by atoms with E-state index in [0.717, 1.165) is 61.5 Å². The number of para-hydroxylation sites is 1. The van der Waals surface area contributed by atoms with Gasteiger partial charge < -0.3 is 14.4 Å². The van der Waals surface area contributed by atoms with E-state index in [4.69, 9.17) is 14.5 Å². The third kappa shape index (κ3) is 4.07. The van der Waals surface area contributed by atoms with Gasteiger partial charge in [0.05, 0.1) is 22.4 Å². The fourth-order valence-corrected chi connectivity index (χ4v) is 5.40. The van der Waals surface area contributed by atoms with Crippen LogP contribution in [-0.2, 0) is 4.74 Å². The summed E-state index contributed by atoms with van der Waals surface area (Å²) in [5, 5.41) is 1.04. The number of fused-ring (bicyclic) bond motifs is 1. The summed E-state index contributed by atoms with van der Waals surface area (Å²) in [7, 11) is 0. The predicted octanol–water partition coefficient (Wildman–Crippen LogP) is 5.22. The molecule has 6 heteroatoms. The molecule has 2 aliphatic heterocycles. The van der Waals surface area contributed by atoms with Crippen molar-refractivity contribution in [3.8, 4) is 5.75 Å². The Balaban J connectivity index is 1.30. The number of hydrogen-bond acceptors (Lipinski definition) is 5. The minimum absolute atomic E-state index is 0.0547. The number of thiazole rings is 1. The number of hydrogen-bond donors (Lipinski definition) is 0. The van der Waals surface area contributed by atoms with Crippen LogP contribution in [0.3, 0.4) is 0 Å². The molecular weight excluding hydrogens is 396 g/mol. The molecule has 30 heavy (non-hydrogen) atoms. The van der Waals surface area contributed by atoms with Crippen LogP contribution in [0.15, 0.2) is 48.5 Å². The van der Waals surface area contributed by atoms with Crippen LogP contribution in [0, 0.1) is 0 Å². The molecule has 0 saturated carbocycles. The van der Waals surface area contributed by atoms with Crippen molar-refractivity contribution in [2.24, 2.45) is 0 Å². The van der Waals surface area contributed by atoms with Crippen molar-refractivity contribution in [3.05, 3.63) is 59.1 Å². The molecule has 5 nitrogen and oxygen atoms in total. The second-order valence-electron chi connectivity index (χ2n) is 8.00. The number of benzene rings is 2. The average molecular weight is 423 g/mol. The molecule has 3 heterocycles. The summed E-state index contributed by atoms with van der Waals surface area (Å²) in [5.74, 6) is 0.855. The highest BCUT2D eigenvalue weighted by atomic mass is 32.1. The Kier molecular flexibility index (Phi) is 5.69. The highest BCUT2D eigenvalue weighted by molar-refractivity contribution is 7.18. The van der Waals surface area contributed by atoms with Gasteiger partial charge in [0.2, 0.25) is 0 Å². The van der Waals surface area contributed by atoms with Gasteiger partial charge in [-0.15, -0.1) is 11.3 Å². The molecule has 0 N–H and O–H groups in total. The Hall–Kier alpha value is -2.44. The summed E-state index contributed by atoms with van der Waals surface area (Å²) >= 11 is 1.70. The number of piperidine rings is 1. The molecule has 2 aliphatic rings. The van der Waals surface area contributed by atoms with Gasteiger partial charge in [0.25, 0.3) is 5.91 Å². The van der Waals surface area contributed by atoms with Gasteiger partial charge in [-0.1, -0.05) is 12.1 Å². The van der Waals surface area contributed by atoms with Gasteiger partial charge in [0.15, 0.2) is 0 Å². The molecule has 0 unspecified atom stereocenters. The van der Waals surface area contributed by atoms with E-state index in [1.165, 1.54) is 4.70 Å². The first-order chi connectivity index (χ1) is 14.8. The molecular formula is C24H26N2O3S. The van der Waals surface area contributed by atoms with Gasteiger partial charge in [-0.25, -0.2) is 4.98 Å². The highest BCUT2D eigenvalue weighted by Gasteiger charge is 2.31. The van der Waals surface area contributed by atoms with Crippen LogP contribution in [0.25, 0.3) is 10.2 Å². The van der Waals surface area contributed by atoms with E-state index >= 15 is 0 Å². The molecule has 2 saturated heterocycles. The lowest BCUT2D eigenvalue weighted by molar-refractivity contribution is 0.0610. The highest BCUT2D eigenvalue weighted by Crippen LogP contribution is 2.36. The maximum atomic E-state index is 13.3. The molecule has 3 aromatic rings. The fraction of sp³-hybridized carbons (Fsp3) is 0.417. The summed E-state index contributed by atoms with van der Waals surface area (Å²) in [5.41, 5.74) is 1.72. The molecule has 1 aromatic heterocycles. The lowest BCUT2D eigenvalue weighted by atomic mass is 10.0. The normalized spacial score (nSPS) is 21.8.